The van der Waals surface area contributed by atoms with Crippen LogP contribution in [0.3, 0.4) is 0 Å². The van der Waals surface area contributed by atoms with Gasteiger partial charge in [-0.15, -0.1) is 0 Å². The van der Waals surface area contributed by atoms with Gasteiger partial charge in [-0.3, -0.25) is 4.79 Å². The number of aromatic hydroxyl groups is 1. The van der Waals surface area contributed by atoms with Crippen molar-refractivity contribution in [1.82, 2.24) is 10.3 Å². The molecule has 0 radical (unpaired) electrons. The molecule has 0 atom stereocenters. The number of carbonyl (C=O) groups excluding carboxylic acids is 1. The number of hydrogen-bond acceptors (Lipinski definition) is 4. The van der Waals surface area contributed by atoms with Gasteiger partial charge in [0.15, 0.2) is 11.6 Å². The molecule has 0 unspecified atom stereocenters. The lowest BCUT2D eigenvalue weighted by atomic mass is 10.1. The highest BCUT2D eigenvalue weighted by atomic mass is 19.1. The molecule has 0 spiro atoms. The second kappa shape index (κ2) is 8.11. The normalized spacial score (nSPS) is 10.3. The maximum atomic E-state index is 13.8. The molecule has 5 nitrogen and oxygen atoms in total. The van der Waals surface area contributed by atoms with Gasteiger partial charge in [-0.25, -0.2) is 9.37 Å². The van der Waals surface area contributed by atoms with E-state index in [4.69, 9.17) is 4.74 Å². The molecule has 1 heterocycles. The molecule has 3 rings (SSSR count). The fourth-order valence-corrected chi connectivity index (χ4v) is 2.37. The van der Waals surface area contributed by atoms with E-state index in [0.29, 0.717) is 11.1 Å². The summed E-state index contributed by atoms with van der Waals surface area (Å²) in [5.74, 6) is -0.388. The molecular formula is C20H17FN2O3. The zero-order valence-electron chi connectivity index (χ0n) is 13.9. The summed E-state index contributed by atoms with van der Waals surface area (Å²) in [5, 5.41) is 12.5. The zero-order valence-corrected chi connectivity index (χ0v) is 13.9. The lowest BCUT2D eigenvalue weighted by Crippen LogP contribution is -2.24. The number of carbonyl (C=O) groups is 1. The van der Waals surface area contributed by atoms with Crippen molar-refractivity contribution in [1.29, 1.82) is 0 Å². The molecule has 1 amide bonds. The number of pyridine rings is 1. The van der Waals surface area contributed by atoms with Crippen molar-refractivity contribution >= 4 is 5.91 Å². The van der Waals surface area contributed by atoms with E-state index >= 15 is 0 Å². The summed E-state index contributed by atoms with van der Waals surface area (Å²) >= 11 is 0. The molecule has 0 fully saturated rings. The zero-order chi connectivity index (χ0) is 18.4. The first kappa shape index (κ1) is 17.4. The standard InChI is InChI=1S/C20H17FN2O3/c21-16-8-2-4-10-18(16)26-20-15(7-5-11-22-20)13-23-19(25)12-14-6-1-3-9-17(14)24/h1-11,24H,12-13H2,(H,23,25). The summed E-state index contributed by atoms with van der Waals surface area (Å²) in [6, 6.07) is 16.1. The molecule has 26 heavy (non-hydrogen) atoms. The first-order valence-corrected chi connectivity index (χ1v) is 8.03. The minimum absolute atomic E-state index is 0.0520. The minimum atomic E-state index is -0.493. The molecule has 0 aliphatic carbocycles. The van der Waals surface area contributed by atoms with E-state index in [9.17, 15) is 14.3 Å². The summed E-state index contributed by atoms with van der Waals surface area (Å²) in [6.07, 6.45) is 1.58. The van der Waals surface area contributed by atoms with Crippen molar-refractivity contribution in [3.63, 3.8) is 0 Å². The first-order valence-electron chi connectivity index (χ1n) is 8.03. The van der Waals surface area contributed by atoms with Crippen LogP contribution in [0.15, 0.2) is 66.9 Å². The summed E-state index contributed by atoms with van der Waals surface area (Å²) in [6.45, 7) is 0.171. The van der Waals surface area contributed by atoms with Gasteiger partial charge in [-0.2, -0.15) is 0 Å². The summed E-state index contributed by atoms with van der Waals surface area (Å²) in [5.41, 5.74) is 1.15. The van der Waals surface area contributed by atoms with Crippen LogP contribution in [0.2, 0.25) is 0 Å². The van der Waals surface area contributed by atoms with Crippen LogP contribution in [0.4, 0.5) is 4.39 Å². The number of ether oxygens (including phenoxy) is 1. The van der Waals surface area contributed by atoms with Crippen LogP contribution in [0.25, 0.3) is 0 Å². The van der Waals surface area contributed by atoms with E-state index < -0.39 is 5.82 Å². The van der Waals surface area contributed by atoms with Crippen LogP contribution >= 0.6 is 0 Å². The number of phenols is 1. The number of aromatic nitrogens is 1. The van der Waals surface area contributed by atoms with Gasteiger partial charge >= 0.3 is 0 Å². The second-order valence-corrected chi connectivity index (χ2v) is 5.58. The molecule has 0 saturated carbocycles. The Morgan fingerprint density at radius 2 is 1.77 bits per heavy atom. The Labute approximate surface area is 150 Å². The van der Waals surface area contributed by atoms with Crippen molar-refractivity contribution in [2.45, 2.75) is 13.0 Å². The maximum Gasteiger partial charge on any atom is 0.224 e. The third-order valence-electron chi connectivity index (χ3n) is 3.71. The topological polar surface area (TPSA) is 71.5 Å². The molecule has 2 N–H and O–H groups in total. The number of benzene rings is 2. The Morgan fingerprint density at radius 1 is 1.04 bits per heavy atom. The minimum Gasteiger partial charge on any atom is -0.508 e. The van der Waals surface area contributed by atoms with Crippen molar-refractivity contribution in [3.8, 4) is 17.4 Å². The average molecular weight is 352 g/mol. The predicted octanol–water partition coefficient (Wildman–Crippen LogP) is 3.58. The van der Waals surface area contributed by atoms with E-state index in [0.717, 1.165) is 0 Å². The van der Waals surface area contributed by atoms with Gasteiger partial charge in [-0.1, -0.05) is 36.4 Å². The van der Waals surface area contributed by atoms with Crippen molar-refractivity contribution < 1.29 is 19.0 Å². The van der Waals surface area contributed by atoms with E-state index in [1.807, 2.05) is 0 Å². The number of amides is 1. The first-order chi connectivity index (χ1) is 12.6. The largest absolute Gasteiger partial charge is 0.508 e. The SMILES string of the molecule is O=C(Cc1ccccc1O)NCc1cccnc1Oc1ccccc1F. The number of para-hydroxylation sites is 2. The number of halogens is 1. The van der Waals surface area contributed by atoms with E-state index in [-0.39, 0.29) is 36.3 Å². The Hall–Kier alpha value is -3.41. The highest BCUT2D eigenvalue weighted by Gasteiger charge is 2.11. The summed E-state index contributed by atoms with van der Waals surface area (Å²) in [4.78, 5) is 16.2. The molecule has 2 aromatic carbocycles. The number of rotatable bonds is 6. The van der Waals surface area contributed by atoms with E-state index in [1.54, 1.807) is 42.5 Å². The van der Waals surface area contributed by atoms with Gasteiger partial charge in [0.25, 0.3) is 0 Å². The Kier molecular flexibility index (Phi) is 5.43. The van der Waals surface area contributed by atoms with Crippen molar-refractivity contribution in [2.75, 3.05) is 0 Å². The highest BCUT2D eigenvalue weighted by Crippen LogP contribution is 2.25. The number of hydrogen-bond donors (Lipinski definition) is 2. The van der Waals surface area contributed by atoms with Crippen LogP contribution in [0, 0.1) is 5.82 Å². The molecule has 6 heteroatoms. The van der Waals surface area contributed by atoms with Gasteiger partial charge in [0, 0.05) is 23.9 Å². The van der Waals surface area contributed by atoms with Crippen LogP contribution in [-0.2, 0) is 17.8 Å². The molecule has 0 aliphatic rings. The Morgan fingerprint density at radius 3 is 2.58 bits per heavy atom. The van der Waals surface area contributed by atoms with Gasteiger partial charge in [0.1, 0.15) is 5.75 Å². The molecule has 1 aromatic heterocycles. The fraction of sp³-hybridized carbons (Fsp3) is 0.100. The molecule has 3 aromatic rings. The fourth-order valence-electron chi connectivity index (χ4n) is 2.37. The van der Waals surface area contributed by atoms with Gasteiger partial charge < -0.3 is 15.2 Å². The van der Waals surface area contributed by atoms with Crippen molar-refractivity contribution in [3.05, 3.63) is 83.8 Å². The van der Waals surface area contributed by atoms with Crippen molar-refractivity contribution in [2.24, 2.45) is 0 Å². The van der Waals surface area contributed by atoms with E-state index in [1.165, 1.54) is 24.4 Å². The van der Waals surface area contributed by atoms with Crippen LogP contribution < -0.4 is 10.1 Å². The Bertz CT molecular complexity index is 915. The van der Waals surface area contributed by atoms with Gasteiger partial charge in [-0.05, 0) is 24.3 Å². The van der Waals surface area contributed by atoms with E-state index in [2.05, 4.69) is 10.3 Å². The highest BCUT2D eigenvalue weighted by molar-refractivity contribution is 5.79. The predicted molar refractivity (Wildman–Crippen MR) is 94.4 cm³/mol. The number of nitrogens with zero attached hydrogens (tertiary/aromatic N) is 1. The number of phenolic OH excluding ortho intramolecular Hbond substituents is 1. The lowest BCUT2D eigenvalue weighted by Gasteiger charge is -2.11. The second-order valence-electron chi connectivity index (χ2n) is 5.58. The summed E-state index contributed by atoms with van der Waals surface area (Å²) < 4.78 is 19.3. The molecular weight excluding hydrogens is 335 g/mol. The lowest BCUT2D eigenvalue weighted by molar-refractivity contribution is -0.120. The third-order valence-corrected chi connectivity index (χ3v) is 3.71. The van der Waals surface area contributed by atoms with Crippen LogP contribution in [0.1, 0.15) is 11.1 Å². The number of nitrogens with one attached hydrogen (secondary N) is 1. The van der Waals surface area contributed by atoms with Gasteiger partial charge in [0.05, 0.1) is 6.42 Å². The molecule has 0 bridgehead atoms. The Balaban J connectivity index is 1.66. The average Bonchev–Trinajstić information content (AvgIpc) is 2.65. The molecule has 132 valence electrons. The smallest absolute Gasteiger partial charge is 0.224 e. The maximum absolute atomic E-state index is 13.8. The third kappa shape index (κ3) is 4.36. The van der Waals surface area contributed by atoms with Crippen LogP contribution in [0.5, 0.6) is 17.4 Å². The summed E-state index contributed by atoms with van der Waals surface area (Å²) in [7, 11) is 0. The quantitative estimate of drug-likeness (QED) is 0.711. The molecule has 0 saturated heterocycles. The monoisotopic (exact) mass is 352 g/mol. The van der Waals surface area contributed by atoms with Crippen LogP contribution in [-0.4, -0.2) is 16.0 Å². The van der Waals surface area contributed by atoms with Gasteiger partial charge in [0.2, 0.25) is 11.8 Å². The molecule has 0 aliphatic heterocycles.